The Hall–Kier alpha value is -1.36. The van der Waals surface area contributed by atoms with Gasteiger partial charge in [-0.3, -0.25) is 4.79 Å². The molecule has 2 rings (SSSR count). The minimum absolute atomic E-state index is 0.112. The van der Waals surface area contributed by atoms with Crippen molar-refractivity contribution in [3.63, 3.8) is 0 Å². The number of amides is 1. The predicted octanol–water partition coefficient (Wildman–Crippen LogP) is -0.496. The number of nitrogens with two attached hydrogens (primary N) is 1. The normalized spacial score (nSPS) is 26.8. The summed E-state index contributed by atoms with van der Waals surface area (Å²) in [5.74, 6) is -0.221. The molecule has 2 unspecified atom stereocenters. The zero-order valence-corrected chi connectivity index (χ0v) is 6.36. The summed E-state index contributed by atoms with van der Waals surface area (Å²) in [5.41, 5.74) is 5.81. The van der Waals surface area contributed by atoms with E-state index in [0.29, 0.717) is 5.69 Å². The maximum absolute atomic E-state index is 11.2. The van der Waals surface area contributed by atoms with Gasteiger partial charge < -0.3 is 15.6 Å². The van der Waals surface area contributed by atoms with E-state index in [0.717, 1.165) is 6.42 Å². The number of carbonyl (C=O) groups excluding carboxylic acids is 1. The number of hydrogen-bond acceptors (Lipinski definition) is 4. The standard InChI is InChI=1S/C7H9N3O2/c8-4-3-6(4)9-7(11)5-1-2-12-10-5/h1-2,4,6H,3,8H2,(H,9,11). The Morgan fingerprint density at radius 1 is 1.83 bits per heavy atom. The third-order valence-electron chi connectivity index (χ3n) is 1.83. The van der Waals surface area contributed by atoms with Crippen LogP contribution in [0.4, 0.5) is 0 Å². The second kappa shape index (κ2) is 2.60. The van der Waals surface area contributed by atoms with Gasteiger partial charge in [-0.15, -0.1) is 0 Å². The van der Waals surface area contributed by atoms with Crippen molar-refractivity contribution in [3.8, 4) is 0 Å². The molecule has 0 spiro atoms. The third-order valence-corrected chi connectivity index (χ3v) is 1.83. The molecule has 0 bridgehead atoms. The lowest BCUT2D eigenvalue weighted by Crippen LogP contribution is -2.29. The van der Waals surface area contributed by atoms with Crippen LogP contribution >= 0.6 is 0 Å². The molecular weight excluding hydrogens is 158 g/mol. The SMILES string of the molecule is NC1CC1NC(=O)c1ccon1. The Kier molecular flexibility index (Phi) is 1.58. The average Bonchev–Trinajstić information content (AvgIpc) is 2.58. The van der Waals surface area contributed by atoms with Gasteiger partial charge in [0.2, 0.25) is 0 Å². The van der Waals surface area contributed by atoms with E-state index in [1.165, 1.54) is 12.3 Å². The second-order valence-corrected chi connectivity index (χ2v) is 2.86. The molecule has 0 aromatic carbocycles. The van der Waals surface area contributed by atoms with Crippen LogP contribution in [0.25, 0.3) is 0 Å². The summed E-state index contributed by atoms with van der Waals surface area (Å²) in [6, 6.07) is 1.75. The number of rotatable bonds is 2. The highest BCUT2D eigenvalue weighted by atomic mass is 16.5. The minimum Gasteiger partial charge on any atom is -0.364 e. The molecule has 5 nitrogen and oxygen atoms in total. The Labute approximate surface area is 68.9 Å². The summed E-state index contributed by atoms with van der Waals surface area (Å²) in [7, 11) is 0. The quantitative estimate of drug-likeness (QED) is 0.622. The van der Waals surface area contributed by atoms with E-state index >= 15 is 0 Å². The van der Waals surface area contributed by atoms with Gasteiger partial charge in [0.05, 0.1) is 0 Å². The van der Waals surface area contributed by atoms with Gasteiger partial charge in [0.15, 0.2) is 5.69 Å². The van der Waals surface area contributed by atoms with Gasteiger partial charge in [0, 0.05) is 18.2 Å². The average molecular weight is 167 g/mol. The van der Waals surface area contributed by atoms with Crippen molar-refractivity contribution in [1.82, 2.24) is 10.5 Å². The minimum atomic E-state index is -0.221. The molecular formula is C7H9N3O2. The molecule has 1 aliphatic carbocycles. The third kappa shape index (κ3) is 1.31. The molecule has 0 radical (unpaired) electrons. The van der Waals surface area contributed by atoms with E-state index in [4.69, 9.17) is 5.73 Å². The lowest BCUT2D eigenvalue weighted by molar-refractivity contribution is 0.0941. The fourth-order valence-corrected chi connectivity index (χ4v) is 0.953. The molecule has 1 heterocycles. The molecule has 1 saturated carbocycles. The van der Waals surface area contributed by atoms with Crippen molar-refractivity contribution in [1.29, 1.82) is 0 Å². The first-order valence-electron chi connectivity index (χ1n) is 3.74. The van der Waals surface area contributed by atoms with Gasteiger partial charge >= 0.3 is 0 Å². The Balaban J connectivity index is 1.93. The second-order valence-electron chi connectivity index (χ2n) is 2.86. The summed E-state index contributed by atoms with van der Waals surface area (Å²) in [6.45, 7) is 0. The summed E-state index contributed by atoms with van der Waals surface area (Å²) in [6.07, 6.45) is 2.21. The molecule has 5 heteroatoms. The highest BCUT2D eigenvalue weighted by Gasteiger charge is 2.35. The van der Waals surface area contributed by atoms with Crippen LogP contribution in [0.5, 0.6) is 0 Å². The van der Waals surface area contributed by atoms with Gasteiger partial charge in [0.25, 0.3) is 5.91 Å². The molecule has 3 N–H and O–H groups in total. The van der Waals surface area contributed by atoms with Crippen molar-refractivity contribution in [2.45, 2.75) is 18.5 Å². The highest BCUT2D eigenvalue weighted by molar-refractivity contribution is 5.92. The monoisotopic (exact) mass is 167 g/mol. The van der Waals surface area contributed by atoms with Crippen LogP contribution in [0.3, 0.4) is 0 Å². The molecule has 2 atom stereocenters. The van der Waals surface area contributed by atoms with E-state index in [1.54, 1.807) is 0 Å². The Morgan fingerprint density at radius 2 is 2.58 bits per heavy atom. The van der Waals surface area contributed by atoms with E-state index in [2.05, 4.69) is 15.0 Å². The summed E-state index contributed by atoms with van der Waals surface area (Å²) in [4.78, 5) is 11.2. The number of carbonyl (C=O) groups is 1. The molecule has 1 aromatic heterocycles. The van der Waals surface area contributed by atoms with Gasteiger partial charge in [-0.05, 0) is 6.42 Å². The Morgan fingerprint density at radius 3 is 3.08 bits per heavy atom. The number of hydrogen-bond donors (Lipinski definition) is 2. The van der Waals surface area contributed by atoms with E-state index in [1.807, 2.05) is 0 Å². The van der Waals surface area contributed by atoms with E-state index in [9.17, 15) is 4.79 Å². The zero-order valence-electron chi connectivity index (χ0n) is 6.36. The fourth-order valence-electron chi connectivity index (χ4n) is 0.953. The van der Waals surface area contributed by atoms with Crippen molar-refractivity contribution >= 4 is 5.91 Å². The lowest BCUT2D eigenvalue weighted by Gasteiger charge is -1.97. The maximum atomic E-state index is 11.2. The molecule has 0 saturated heterocycles. The first kappa shape index (κ1) is 7.30. The number of nitrogens with zero attached hydrogens (tertiary/aromatic N) is 1. The highest BCUT2D eigenvalue weighted by Crippen LogP contribution is 2.17. The van der Waals surface area contributed by atoms with E-state index < -0.39 is 0 Å². The molecule has 64 valence electrons. The largest absolute Gasteiger partial charge is 0.364 e. The van der Waals surface area contributed by atoms with Gasteiger partial charge in [-0.2, -0.15) is 0 Å². The topological polar surface area (TPSA) is 81.1 Å². The number of aromatic nitrogens is 1. The molecule has 1 aromatic rings. The summed E-state index contributed by atoms with van der Waals surface area (Å²) in [5, 5.41) is 6.21. The van der Waals surface area contributed by atoms with Gasteiger partial charge in [-0.25, -0.2) is 0 Å². The van der Waals surface area contributed by atoms with Crippen LogP contribution in [-0.2, 0) is 0 Å². The van der Waals surface area contributed by atoms with Crippen molar-refractivity contribution < 1.29 is 9.32 Å². The fraction of sp³-hybridized carbons (Fsp3) is 0.429. The first-order valence-corrected chi connectivity index (χ1v) is 3.74. The molecule has 1 fully saturated rings. The van der Waals surface area contributed by atoms with Crippen LogP contribution in [0.15, 0.2) is 16.9 Å². The Bertz CT molecular complexity index is 283. The molecule has 0 aliphatic heterocycles. The lowest BCUT2D eigenvalue weighted by atomic mass is 10.4. The van der Waals surface area contributed by atoms with E-state index in [-0.39, 0.29) is 18.0 Å². The molecule has 12 heavy (non-hydrogen) atoms. The summed E-state index contributed by atoms with van der Waals surface area (Å²) < 4.78 is 4.52. The van der Waals surface area contributed by atoms with Crippen LogP contribution in [-0.4, -0.2) is 23.1 Å². The first-order chi connectivity index (χ1) is 5.77. The van der Waals surface area contributed by atoms with Crippen molar-refractivity contribution in [2.75, 3.05) is 0 Å². The van der Waals surface area contributed by atoms with Gasteiger partial charge in [-0.1, -0.05) is 5.16 Å². The molecule has 1 amide bonds. The van der Waals surface area contributed by atoms with Crippen molar-refractivity contribution in [3.05, 3.63) is 18.0 Å². The maximum Gasteiger partial charge on any atom is 0.273 e. The zero-order chi connectivity index (χ0) is 8.55. The van der Waals surface area contributed by atoms with Crippen LogP contribution < -0.4 is 11.1 Å². The molecule has 1 aliphatic rings. The smallest absolute Gasteiger partial charge is 0.273 e. The van der Waals surface area contributed by atoms with Crippen molar-refractivity contribution in [2.24, 2.45) is 5.73 Å². The van der Waals surface area contributed by atoms with Crippen LogP contribution in [0, 0.1) is 0 Å². The van der Waals surface area contributed by atoms with Crippen LogP contribution in [0.1, 0.15) is 16.9 Å². The van der Waals surface area contributed by atoms with Gasteiger partial charge in [0.1, 0.15) is 6.26 Å². The predicted molar refractivity (Wildman–Crippen MR) is 40.3 cm³/mol. The number of nitrogens with one attached hydrogen (secondary N) is 1. The summed E-state index contributed by atoms with van der Waals surface area (Å²) >= 11 is 0. The van der Waals surface area contributed by atoms with Crippen LogP contribution in [0.2, 0.25) is 0 Å².